The molecule has 202 valence electrons. The van der Waals surface area contributed by atoms with Gasteiger partial charge in [-0.2, -0.15) is 4.37 Å². The molecular formula is C28H34N4O4S2. The third-order valence-electron chi connectivity index (χ3n) is 5.87. The van der Waals surface area contributed by atoms with Gasteiger partial charge in [-0.25, -0.2) is 4.98 Å². The van der Waals surface area contributed by atoms with Crippen LogP contribution in [0.25, 0.3) is 10.6 Å². The van der Waals surface area contributed by atoms with E-state index in [2.05, 4.69) is 20.0 Å². The van der Waals surface area contributed by atoms with Crippen LogP contribution in [-0.2, 0) is 26.6 Å². The van der Waals surface area contributed by atoms with Crippen molar-refractivity contribution in [2.75, 3.05) is 12.9 Å². The number of hydrogen-bond donors (Lipinski definition) is 2. The van der Waals surface area contributed by atoms with Crippen LogP contribution in [0.3, 0.4) is 0 Å². The second-order valence-corrected chi connectivity index (χ2v) is 11.1. The van der Waals surface area contributed by atoms with E-state index in [0.29, 0.717) is 22.9 Å². The molecule has 2 amide bonds. The summed E-state index contributed by atoms with van der Waals surface area (Å²) >= 11 is 2.80. The lowest BCUT2D eigenvalue weighted by Crippen LogP contribution is -2.53. The summed E-state index contributed by atoms with van der Waals surface area (Å²) in [5.74, 6) is 1.33. The predicted octanol–water partition coefficient (Wildman–Crippen LogP) is 4.21. The van der Waals surface area contributed by atoms with Crippen molar-refractivity contribution in [3.63, 3.8) is 0 Å². The van der Waals surface area contributed by atoms with E-state index in [1.807, 2.05) is 63.2 Å². The molecule has 2 aromatic carbocycles. The van der Waals surface area contributed by atoms with Crippen molar-refractivity contribution < 1.29 is 19.1 Å². The molecule has 3 aromatic rings. The topological polar surface area (TPSA) is 110 Å². The first kappa shape index (κ1) is 29.3. The van der Waals surface area contributed by atoms with Crippen LogP contribution >= 0.6 is 23.3 Å². The average molecular weight is 555 g/mol. The number of benzene rings is 2. The Balaban J connectivity index is 1.58. The number of methoxy groups -OCH3 is 1. The molecule has 2 N–H and O–H groups in total. The van der Waals surface area contributed by atoms with Crippen molar-refractivity contribution in [1.29, 1.82) is 0 Å². The van der Waals surface area contributed by atoms with Crippen LogP contribution in [0.2, 0.25) is 0 Å². The number of ketones is 1. The SMILES string of the molecule is COc1ccc(-c2nc(C)ns2)cc1CC(=O)N[C@H](C(=O)N[C@@H](C)C(=O)CSCc1ccccc1)C(C)C. The molecule has 0 spiro atoms. The number of nitrogens with one attached hydrogen (secondary N) is 2. The number of thioether (sulfide) groups is 1. The highest BCUT2D eigenvalue weighted by Crippen LogP contribution is 2.28. The number of rotatable bonds is 13. The van der Waals surface area contributed by atoms with Gasteiger partial charge in [0.15, 0.2) is 5.78 Å². The molecule has 0 unspecified atom stereocenters. The summed E-state index contributed by atoms with van der Waals surface area (Å²) in [6.07, 6.45) is 0.0237. The molecule has 10 heteroatoms. The smallest absolute Gasteiger partial charge is 0.243 e. The number of amides is 2. The van der Waals surface area contributed by atoms with Gasteiger partial charge in [-0.15, -0.1) is 11.8 Å². The molecule has 8 nitrogen and oxygen atoms in total. The lowest BCUT2D eigenvalue weighted by atomic mass is 10.0. The fraction of sp³-hybridized carbons (Fsp3) is 0.393. The van der Waals surface area contributed by atoms with E-state index < -0.39 is 12.1 Å². The molecule has 0 aliphatic carbocycles. The van der Waals surface area contributed by atoms with Gasteiger partial charge in [-0.3, -0.25) is 14.4 Å². The molecule has 2 atom stereocenters. The third kappa shape index (κ3) is 8.39. The van der Waals surface area contributed by atoms with E-state index in [4.69, 9.17) is 4.74 Å². The van der Waals surface area contributed by atoms with E-state index in [0.717, 1.165) is 21.9 Å². The van der Waals surface area contributed by atoms with Crippen LogP contribution in [0.5, 0.6) is 5.75 Å². The quantitative estimate of drug-likeness (QED) is 0.326. The minimum absolute atomic E-state index is 0.0237. The molecule has 0 bridgehead atoms. The van der Waals surface area contributed by atoms with Gasteiger partial charge < -0.3 is 15.4 Å². The summed E-state index contributed by atoms with van der Waals surface area (Å²) < 4.78 is 9.67. The minimum atomic E-state index is -0.783. The Hall–Kier alpha value is -3.24. The summed E-state index contributed by atoms with van der Waals surface area (Å²) in [7, 11) is 1.55. The van der Waals surface area contributed by atoms with E-state index >= 15 is 0 Å². The van der Waals surface area contributed by atoms with Gasteiger partial charge in [0.1, 0.15) is 22.6 Å². The van der Waals surface area contributed by atoms with E-state index in [1.165, 1.54) is 23.3 Å². The highest BCUT2D eigenvalue weighted by molar-refractivity contribution is 7.99. The standard InChI is InChI=1S/C28H34N4O4S2/c1-17(2)26(27(35)29-18(3)23(33)16-37-15-20-9-7-6-8-10-20)31-25(34)14-22-13-21(11-12-24(22)36-5)28-30-19(4)32-38-28/h6-13,17-18,26H,14-16H2,1-5H3,(H,29,35)(H,31,34)/t18-,26-/m0/s1. The molecule has 1 heterocycles. The normalized spacial score (nSPS) is 12.6. The van der Waals surface area contributed by atoms with Gasteiger partial charge in [0.05, 0.1) is 25.3 Å². The first-order chi connectivity index (χ1) is 18.2. The Morgan fingerprint density at radius 3 is 2.42 bits per heavy atom. The van der Waals surface area contributed by atoms with Crippen LogP contribution < -0.4 is 15.4 Å². The number of nitrogens with zero attached hydrogens (tertiary/aromatic N) is 2. The Bertz CT molecular complexity index is 1250. The summed E-state index contributed by atoms with van der Waals surface area (Å²) in [5.41, 5.74) is 2.66. The summed E-state index contributed by atoms with van der Waals surface area (Å²) in [6.45, 7) is 7.21. The van der Waals surface area contributed by atoms with Crippen molar-refractivity contribution in [2.45, 2.75) is 52.0 Å². The number of Topliss-reactive ketones (excluding diaryl/α,β-unsaturated/α-hetero) is 1. The van der Waals surface area contributed by atoms with Gasteiger partial charge in [-0.05, 0) is 55.1 Å². The lowest BCUT2D eigenvalue weighted by molar-refractivity contribution is -0.131. The van der Waals surface area contributed by atoms with E-state index in [9.17, 15) is 14.4 Å². The molecule has 0 aliphatic rings. The second-order valence-electron chi connectivity index (χ2n) is 9.31. The Labute approximate surface area is 232 Å². The second kappa shape index (κ2) is 14.1. The van der Waals surface area contributed by atoms with Crippen molar-refractivity contribution in [3.8, 4) is 16.3 Å². The Morgan fingerprint density at radius 2 is 1.79 bits per heavy atom. The predicted molar refractivity (Wildman–Crippen MR) is 152 cm³/mol. The maximum Gasteiger partial charge on any atom is 0.243 e. The summed E-state index contributed by atoms with van der Waals surface area (Å²) in [4.78, 5) is 43.0. The molecule has 0 radical (unpaired) electrons. The molecule has 0 fully saturated rings. The first-order valence-corrected chi connectivity index (χ1v) is 14.3. The van der Waals surface area contributed by atoms with Gasteiger partial charge in [-0.1, -0.05) is 44.2 Å². The van der Waals surface area contributed by atoms with Crippen LogP contribution in [0, 0.1) is 12.8 Å². The fourth-order valence-electron chi connectivity index (χ4n) is 3.75. The zero-order valence-corrected chi connectivity index (χ0v) is 23.9. The van der Waals surface area contributed by atoms with Crippen LogP contribution in [0.15, 0.2) is 48.5 Å². The van der Waals surface area contributed by atoms with Crippen LogP contribution in [-0.4, -0.2) is 51.9 Å². The monoisotopic (exact) mass is 554 g/mol. The largest absolute Gasteiger partial charge is 0.496 e. The fourth-order valence-corrected chi connectivity index (χ4v) is 5.39. The molecule has 0 aliphatic heterocycles. The number of carbonyl (C=O) groups excluding carboxylic acids is 3. The molecular weight excluding hydrogens is 520 g/mol. The van der Waals surface area contributed by atoms with E-state index in [1.54, 1.807) is 20.1 Å². The van der Waals surface area contributed by atoms with Crippen molar-refractivity contribution in [2.24, 2.45) is 5.92 Å². The van der Waals surface area contributed by atoms with Crippen LogP contribution in [0.1, 0.15) is 37.7 Å². The van der Waals surface area contributed by atoms with E-state index in [-0.39, 0.29) is 29.9 Å². The number of aromatic nitrogens is 2. The first-order valence-electron chi connectivity index (χ1n) is 12.4. The number of carbonyl (C=O) groups is 3. The highest BCUT2D eigenvalue weighted by atomic mass is 32.2. The lowest BCUT2D eigenvalue weighted by Gasteiger charge is -2.24. The zero-order valence-electron chi connectivity index (χ0n) is 22.3. The highest BCUT2D eigenvalue weighted by Gasteiger charge is 2.27. The van der Waals surface area contributed by atoms with Crippen LogP contribution in [0.4, 0.5) is 0 Å². The molecule has 38 heavy (non-hydrogen) atoms. The van der Waals surface area contributed by atoms with Crippen molar-refractivity contribution in [3.05, 3.63) is 65.5 Å². The average Bonchev–Trinajstić information content (AvgIpc) is 3.33. The molecule has 3 rings (SSSR count). The molecule has 0 saturated carbocycles. The number of ether oxygens (including phenoxy) is 1. The summed E-state index contributed by atoms with van der Waals surface area (Å²) in [5, 5.41) is 6.38. The van der Waals surface area contributed by atoms with Crippen molar-refractivity contribution >= 4 is 40.9 Å². The van der Waals surface area contributed by atoms with Gasteiger partial charge in [0, 0.05) is 16.9 Å². The Kier molecular flexibility index (Phi) is 10.8. The minimum Gasteiger partial charge on any atom is -0.496 e. The Morgan fingerprint density at radius 1 is 1.05 bits per heavy atom. The number of aryl methyl sites for hydroxylation is 1. The van der Waals surface area contributed by atoms with Gasteiger partial charge in [0.2, 0.25) is 11.8 Å². The van der Waals surface area contributed by atoms with Gasteiger partial charge >= 0.3 is 0 Å². The third-order valence-corrected chi connectivity index (χ3v) is 7.75. The summed E-state index contributed by atoms with van der Waals surface area (Å²) in [6, 6.07) is 14.0. The molecule has 1 aromatic heterocycles. The maximum absolute atomic E-state index is 13.0. The molecule has 0 saturated heterocycles. The number of hydrogen-bond acceptors (Lipinski definition) is 8. The van der Waals surface area contributed by atoms with Gasteiger partial charge in [0.25, 0.3) is 0 Å². The zero-order chi connectivity index (χ0) is 27.7. The van der Waals surface area contributed by atoms with Crippen molar-refractivity contribution in [1.82, 2.24) is 20.0 Å². The maximum atomic E-state index is 13.0.